The van der Waals surface area contributed by atoms with E-state index in [-0.39, 0.29) is 31.1 Å². The summed E-state index contributed by atoms with van der Waals surface area (Å²) in [6.07, 6.45) is 2.35. The van der Waals surface area contributed by atoms with Gasteiger partial charge in [0.05, 0.1) is 37.2 Å². The summed E-state index contributed by atoms with van der Waals surface area (Å²) in [5, 5.41) is 9.79. The van der Waals surface area contributed by atoms with Crippen molar-refractivity contribution >= 4 is 17.8 Å². The summed E-state index contributed by atoms with van der Waals surface area (Å²) in [4.78, 5) is 42.9. The molecule has 0 aliphatic carbocycles. The van der Waals surface area contributed by atoms with Crippen molar-refractivity contribution in [2.75, 3.05) is 19.8 Å². The first-order valence-electron chi connectivity index (χ1n) is 10.4. The molecule has 3 aliphatic rings. The molecule has 0 aromatic rings. The largest absolute Gasteiger partial charge is 0.466 e. The Hall–Kier alpha value is -1.93. The van der Waals surface area contributed by atoms with Crippen LogP contribution in [0.2, 0.25) is 0 Å². The molecule has 0 radical (unpaired) electrons. The van der Waals surface area contributed by atoms with Crippen molar-refractivity contribution in [3.63, 3.8) is 0 Å². The smallest absolute Gasteiger partial charge is 0.312 e. The third-order valence-corrected chi connectivity index (χ3v) is 6.50. The molecule has 0 saturated carbocycles. The number of aliphatic hydroxyl groups is 1. The second kappa shape index (κ2) is 8.07. The van der Waals surface area contributed by atoms with Crippen LogP contribution in [0.4, 0.5) is 0 Å². The number of aliphatic hydroxyl groups excluding tert-OH is 1. The highest BCUT2D eigenvalue weighted by Crippen LogP contribution is 2.59. The van der Waals surface area contributed by atoms with E-state index in [1.807, 2.05) is 13.8 Å². The average molecular weight is 408 g/mol. The number of hydrogen-bond acceptors (Lipinski definition) is 6. The normalized spacial score (nSPS) is 33.7. The van der Waals surface area contributed by atoms with Crippen molar-refractivity contribution in [2.24, 2.45) is 11.8 Å². The van der Waals surface area contributed by atoms with Gasteiger partial charge in [-0.25, -0.2) is 0 Å². The van der Waals surface area contributed by atoms with Crippen molar-refractivity contribution in [2.45, 2.75) is 70.4 Å². The SMILES string of the molecule is C=CCN(C(=O)[C@H]1N([C@H](C)CO)C(=O)[C@@H]2[C@@H](C(=O)OCC)[C@H]3CC[C@]21O3)C(C)C. The molecular weight excluding hydrogens is 376 g/mol. The van der Waals surface area contributed by atoms with Gasteiger partial charge in [0.2, 0.25) is 11.8 Å². The van der Waals surface area contributed by atoms with Crippen molar-refractivity contribution in [3.8, 4) is 0 Å². The Labute approximate surface area is 171 Å². The first kappa shape index (κ1) is 21.8. The highest BCUT2D eigenvalue weighted by molar-refractivity contribution is 5.98. The molecule has 8 nitrogen and oxygen atoms in total. The summed E-state index contributed by atoms with van der Waals surface area (Å²) >= 11 is 0. The van der Waals surface area contributed by atoms with E-state index in [4.69, 9.17) is 9.47 Å². The molecule has 1 spiro atoms. The summed E-state index contributed by atoms with van der Waals surface area (Å²) < 4.78 is 11.5. The molecule has 0 aromatic heterocycles. The van der Waals surface area contributed by atoms with Crippen molar-refractivity contribution in [1.29, 1.82) is 0 Å². The number of carbonyl (C=O) groups is 3. The number of esters is 1. The number of rotatable bonds is 8. The zero-order chi connectivity index (χ0) is 21.5. The van der Waals surface area contributed by atoms with Crippen molar-refractivity contribution in [1.82, 2.24) is 9.80 Å². The summed E-state index contributed by atoms with van der Waals surface area (Å²) in [6, 6.07) is -1.55. The first-order valence-corrected chi connectivity index (χ1v) is 10.4. The molecule has 0 aromatic carbocycles. The number of ether oxygens (including phenoxy) is 2. The van der Waals surface area contributed by atoms with E-state index in [1.165, 1.54) is 4.90 Å². The van der Waals surface area contributed by atoms with Gasteiger partial charge in [-0.2, -0.15) is 0 Å². The molecule has 162 valence electrons. The fraction of sp³-hybridized carbons (Fsp3) is 0.762. The Balaban J connectivity index is 2.06. The molecule has 3 saturated heterocycles. The highest BCUT2D eigenvalue weighted by Gasteiger charge is 2.75. The average Bonchev–Trinajstić information content (AvgIpc) is 3.32. The lowest BCUT2D eigenvalue weighted by Crippen LogP contribution is -2.59. The van der Waals surface area contributed by atoms with E-state index in [0.717, 1.165) is 0 Å². The fourth-order valence-electron chi connectivity index (χ4n) is 5.29. The molecule has 1 N–H and O–H groups in total. The first-order chi connectivity index (χ1) is 13.7. The fourth-order valence-corrected chi connectivity index (χ4v) is 5.29. The molecule has 3 aliphatic heterocycles. The summed E-state index contributed by atoms with van der Waals surface area (Å²) in [7, 11) is 0. The lowest BCUT2D eigenvalue weighted by Gasteiger charge is -2.39. The van der Waals surface area contributed by atoms with E-state index >= 15 is 0 Å². The minimum atomic E-state index is -1.06. The van der Waals surface area contributed by atoms with Gasteiger partial charge in [0.25, 0.3) is 0 Å². The van der Waals surface area contributed by atoms with E-state index in [1.54, 1.807) is 24.8 Å². The molecule has 6 atom stereocenters. The lowest BCUT2D eigenvalue weighted by molar-refractivity contribution is -0.156. The maximum atomic E-state index is 13.7. The number of carbonyl (C=O) groups excluding carboxylic acids is 3. The molecule has 3 rings (SSSR count). The van der Waals surface area contributed by atoms with E-state index in [2.05, 4.69) is 6.58 Å². The van der Waals surface area contributed by atoms with Crippen LogP contribution < -0.4 is 0 Å². The van der Waals surface area contributed by atoms with E-state index in [9.17, 15) is 19.5 Å². The predicted octanol–water partition coefficient (Wildman–Crippen LogP) is 0.728. The Morgan fingerprint density at radius 2 is 2.14 bits per heavy atom. The van der Waals surface area contributed by atoms with Crippen LogP contribution in [0.15, 0.2) is 12.7 Å². The third-order valence-electron chi connectivity index (χ3n) is 6.50. The van der Waals surface area contributed by atoms with Crippen LogP contribution in [0.3, 0.4) is 0 Å². The quantitative estimate of drug-likeness (QED) is 0.470. The lowest BCUT2D eigenvalue weighted by atomic mass is 9.70. The molecule has 0 unspecified atom stereocenters. The van der Waals surface area contributed by atoms with Crippen LogP contribution in [0.1, 0.15) is 40.5 Å². The number of nitrogens with zero attached hydrogens (tertiary/aromatic N) is 2. The predicted molar refractivity (Wildman–Crippen MR) is 105 cm³/mol. The van der Waals surface area contributed by atoms with Crippen molar-refractivity contribution < 1.29 is 29.0 Å². The number of likely N-dealkylation sites (tertiary alicyclic amines) is 1. The molecule has 2 amide bonds. The van der Waals surface area contributed by atoms with Gasteiger partial charge in [-0.15, -0.1) is 6.58 Å². The third kappa shape index (κ3) is 3.17. The van der Waals surface area contributed by atoms with Crippen molar-refractivity contribution in [3.05, 3.63) is 12.7 Å². The zero-order valence-electron chi connectivity index (χ0n) is 17.7. The Morgan fingerprint density at radius 1 is 1.45 bits per heavy atom. The Kier molecular flexibility index (Phi) is 6.06. The molecule has 2 bridgehead atoms. The molecule has 29 heavy (non-hydrogen) atoms. The van der Waals surface area contributed by atoms with Gasteiger partial charge in [-0.05, 0) is 40.5 Å². The van der Waals surface area contributed by atoms with Crippen LogP contribution in [0.25, 0.3) is 0 Å². The molecule has 3 heterocycles. The minimum absolute atomic E-state index is 0.100. The van der Waals surface area contributed by atoms with Gasteiger partial charge in [0, 0.05) is 12.6 Å². The Bertz CT molecular complexity index is 695. The summed E-state index contributed by atoms with van der Waals surface area (Å²) in [6.45, 7) is 11.2. The van der Waals surface area contributed by atoms with Crippen LogP contribution in [-0.2, 0) is 23.9 Å². The summed E-state index contributed by atoms with van der Waals surface area (Å²) in [5.74, 6) is -2.47. The number of amides is 2. The topological polar surface area (TPSA) is 96.4 Å². The molecule has 3 fully saturated rings. The number of fused-ring (bicyclic) bond motifs is 1. The highest BCUT2D eigenvalue weighted by atomic mass is 16.6. The molecular formula is C21H32N2O6. The summed E-state index contributed by atoms with van der Waals surface area (Å²) in [5.41, 5.74) is -1.06. The van der Waals surface area contributed by atoms with Gasteiger partial charge < -0.3 is 24.4 Å². The monoisotopic (exact) mass is 408 g/mol. The number of hydrogen-bond donors (Lipinski definition) is 1. The van der Waals surface area contributed by atoms with Gasteiger partial charge in [0.1, 0.15) is 11.6 Å². The standard InChI is InChI=1S/C21H32N2O6/c1-6-10-22(12(3)4)19(26)17-21-9-8-14(29-21)15(20(27)28-7-2)16(21)18(25)23(17)13(5)11-24/h6,12-17,24H,1,7-11H2,2-5H3/t13-,14-,15+,16+,17-,21+/m1/s1. The van der Waals surface area contributed by atoms with Crippen LogP contribution >= 0.6 is 0 Å². The second-order valence-corrected chi connectivity index (χ2v) is 8.46. The minimum Gasteiger partial charge on any atom is -0.466 e. The van der Waals surface area contributed by atoms with Gasteiger partial charge in [0.15, 0.2) is 0 Å². The van der Waals surface area contributed by atoms with E-state index in [0.29, 0.717) is 19.4 Å². The molecule has 8 heteroatoms. The maximum Gasteiger partial charge on any atom is 0.312 e. The van der Waals surface area contributed by atoms with Gasteiger partial charge >= 0.3 is 5.97 Å². The Morgan fingerprint density at radius 3 is 2.69 bits per heavy atom. The van der Waals surface area contributed by atoms with Crippen LogP contribution in [-0.4, -0.2) is 82.3 Å². The van der Waals surface area contributed by atoms with Crippen LogP contribution in [0.5, 0.6) is 0 Å². The second-order valence-electron chi connectivity index (χ2n) is 8.46. The van der Waals surface area contributed by atoms with Crippen LogP contribution in [0, 0.1) is 11.8 Å². The zero-order valence-corrected chi connectivity index (χ0v) is 17.7. The van der Waals surface area contributed by atoms with Gasteiger partial charge in [-0.3, -0.25) is 14.4 Å². The van der Waals surface area contributed by atoms with E-state index < -0.39 is 41.6 Å². The van der Waals surface area contributed by atoms with Gasteiger partial charge in [-0.1, -0.05) is 6.08 Å². The maximum absolute atomic E-state index is 13.7.